The minimum absolute atomic E-state index is 0.0113. The molecule has 0 fully saturated rings. The highest BCUT2D eigenvalue weighted by molar-refractivity contribution is 7.13. The van der Waals surface area contributed by atoms with Crippen LogP contribution in [0.4, 0.5) is 5.69 Å². The molecule has 19 heavy (non-hydrogen) atoms. The molecule has 1 unspecified atom stereocenters. The van der Waals surface area contributed by atoms with E-state index in [0.717, 1.165) is 0 Å². The van der Waals surface area contributed by atoms with Crippen molar-refractivity contribution in [1.82, 2.24) is 4.98 Å². The summed E-state index contributed by atoms with van der Waals surface area (Å²) in [6.45, 7) is 0. The zero-order valence-corrected chi connectivity index (χ0v) is 10.3. The van der Waals surface area contributed by atoms with E-state index in [4.69, 9.17) is 10.8 Å². The van der Waals surface area contributed by atoms with Gasteiger partial charge in [0.25, 0.3) is 5.69 Å². The maximum atomic E-state index is 10.7. The van der Waals surface area contributed by atoms with E-state index >= 15 is 0 Å². The highest BCUT2D eigenvalue weighted by atomic mass is 32.1. The van der Waals surface area contributed by atoms with E-state index in [9.17, 15) is 14.9 Å². The molecule has 1 aromatic heterocycles. The van der Waals surface area contributed by atoms with Crippen LogP contribution in [-0.2, 0) is 4.79 Å². The molecule has 0 aliphatic carbocycles. The first-order valence-corrected chi connectivity index (χ1v) is 6.05. The van der Waals surface area contributed by atoms with Crippen LogP contribution in [0.25, 0.3) is 10.6 Å². The second kappa shape index (κ2) is 5.12. The lowest BCUT2D eigenvalue weighted by Gasteiger charge is -2.00. The lowest BCUT2D eigenvalue weighted by molar-refractivity contribution is -0.384. The van der Waals surface area contributed by atoms with Gasteiger partial charge in [-0.05, 0) is 12.1 Å². The Morgan fingerprint density at radius 2 is 2.05 bits per heavy atom. The van der Waals surface area contributed by atoms with Crippen molar-refractivity contribution < 1.29 is 14.8 Å². The summed E-state index contributed by atoms with van der Waals surface area (Å²) < 4.78 is 0. The number of rotatable bonds is 4. The van der Waals surface area contributed by atoms with E-state index in [1.54, 1.807) is 17.5 Å². The van der Waals surface area contributed by atoms with Gasteiger partial charge < -0.3 is 10.8 Å². The minimum atomic E-state index is -1.16. The molecule has 0 aliphatic rings. The number of nitrogens with zero attached hydrogens (tertiary/aromatic N) is 2. The summed E-state index contributed by atoms with van der Waals surface area (Å²) in [6.07, 6.45) is 0. The van der Waals surface area contributed by atoms with Crippen molar-refractivity contribution in [2.45, 2.75) is 6.04 Å². The average molecular weight is 279 g/mol. The first kappa shape index (κ1) is 13.1. The molecule has 2 aromatic rings. The van der Waals surface area contributed by atoms with Gasteiger partial charge in [-0.2, -0.15) is 0 Å². The van der Waals surface area contributed by atoms with Gasteiger partial charge in [0.05, 0.1) is 10.6 Å². The third-order valence-corrected chi connectivity index (χ3v) is 3.34. The minimum Gasteiger partial charge on any atom is -0.480 e. The largest absolute Gasteiger partial charge is 0.480 e. The summed E-state index contributed by atoms with van der Waals surface area (Å²) >= 11 is 1.24. The summed E-state index contributed by atoms with van der Waals surface area (Å²) in [7, 11) is 0. The molecule has 98 valence electrons. The summed E-state index contributed by atoms with van der Waals surface area (Å²) in [6, 6.07) is 4.70. The molecule has 0 bridgehead atoms. The van der Waals surface area contributed by atoms with Crippen LogP contribution in [0, 0.1) is 10.1 Å². The third kappa shape index (κ3) is 2.75. The number of aromatic nitrogens is 1. The molecule has 0 saturated carbocycles. The van der Waals surface area contributed by atoms with Gasteiger partial charge in [-0.15, -0.1) is 11.3 Å². The summed E-state index contributed by atoms with van der Waals surface area (Å²) in [5, 5.41) is 21.4. The van der Waals surface area contributed by atoms with E-state index in [2.05, 4.69) is 4.98 Å². The SMILES string of the molecule is NC(C(=O)O)c1csc(-c2ccc([N+](=O)[O-])cc2)n1. The summed E-state index contributed by atoms with van der Waals surface area (Å²) in [5.41, 5.74) is 6.39. The fourth-order valence-corrected chi connectivity index (χ4v) is 2.28. The molecule has 0 spiro atoms. The maximum absolute atomic E-state index is 10.7. The Hall–Kier alpha value is -2.32. The van der Waals surface area contributed by atoms with Gasteiger partial charge in [0.2, 0.25) is 0 Å². The molecule has 0 saturated heterocycles. The fourth-order valence-electron chi connectivity index (χ4n) is 1.41. The Morgan fingerprint density at radius 3 is 2.58 bits per heavy atom. The van der Waals surface area contributed by atoms with Gasteiger partial charge in [0.15, 0.2) is 0 Å². The Kier molecular flexibility index (Phi) is 3.54. The molecule has 0 aliphatic heterocycles. The van der Waals surface area contributed by atoms with E-state index in [0.29, 0.717) is 10.6 Å². The van der Waals surface area contributed by atoms with Crippen LogP contribution in [0.15, 0.2) is 29.6 Å². The predicted molar refractivity (Wildman–Crippen MR) is 68.8 cm³/mol. The normalized spacial score (nSPS) is 12.1. The first-order chi connectivity index (χ1) is 8.99. The van der Waals surface area contributed by atoms with Crippen LogP contribution in [0.1, 0.15) is 11.7 Å². The quantitative estimate of drug-likeness (QED) is 0.650. The van der Waals surface area contributed by atoms with Gasteiger partial charge in [0.1, 0.15) is 11.0 Å². The Labute approximate surface area is 111 Å². The standard InChI is InChI=1S/C11H9N3O4S/c12-9(11(15)16)8-5-19-10(13-8)6-1-3-7(4-2-6)14(17)18/h1-5,9H,12H2,(H,15,16). The number of carboxylic acid groups (broad SMARTS) is 1. The highest BCUT2D eigenvalue weighted by Crippen LogP contribution is 2.27. The van der Waals surface area contributed by atoms with Crippen LogP contribution in [0.3, 0.4) is 0 Å². The Morgan fingerprint density at radius 1 is 1.42 bits per heavy atom. The second-order valence-electron chi connectivity index (χ2n) is 3.70. The van der Waals surface area contributed by atoms with Crippen molar-refractivity contribution in [2.75, 3.05) is 0 Å². The number of carbonyl (C=O) groups is 1. The number of nitro groups is 1. The molecule has 7 nitrogen and oxygen atoms in total. The monoisotopic (exact) mass is 279 g/mol. The van der Waals surface area contributed by atoms with E-state index in [-0.39, 0.29) is 11.4 Å². The van der Waals surface area contributed by atoms with Crippen molar-refractivity contribution in [3.05, 3.63) is 45.5 Å². The topological polar surface area (TPSA) is 119 Å². The molecule has 1 heterocycles. The smallest absolute Gasteiger partial charge is 0.326 e. The lowest BCUT2D eigenvalue weighted by atomic mass is 10.2. The van der Waals surface area contributed by atoms with Crippen molar-refractivity contribution in [3.8, 4) is 10.6 Å². The molecule has 8 heteroatoms. The van der Waals surface area contributed by atoms with Crippen LogP contribution in [-0.4, -0.2) is 21.0 Å². The van der Waals surface area contributed by atoms with Crippen molar-refractivity contribution in [2.24, 2.45) is 5.73 Å². The molecule has 1 atom stereocenters. The summed E-state index contributed by atoms with van der Waals surface area (Å²) in [5.74, 6) is -1.15. The molecule has 1 aromatic carbocycles. The number of nitro benzene ring substituents is 1. The molecule has 0 amide bonds. The van der Waals surface area contributed by atoms with Crippen molar-refractivity contribution in [1.29, 1.82) is 0 Å². The third-order valence-electron chi connectivity index (χ3n) is 2.43. The lowest BCUT2D eigenvalue weighted by Crippen LogP contribution is -2.20. The number of thiazole rings is 1. The Bertz CT molecular complexity index is 623. The molecular formula is C11H9N3O4S. The number of hydrogen-bond acceptors (Lipinski definition) is 6. The molecule has 3 N–H and O–H groups in total. The Balaban J connectivity index is 2.27. The fraction of sp³-hybridized carbons (Fsp3) is 0.0909. The number of benzene rings is 1. The van der Waals surface area contributed by atoms with Gasteiger partial charge in [-0.3, -0.25) is 14.9 Å². The van der Waals surface area contributed by atoms with Crippen molar-refractivity contribution >= 4 is 23.0 Å². The van der Waals surface area contributed by atoms with E-state index in [1.807, 2.05) is 0 Å². The molecular weight excluding hydrogens is 270 g/mol. The predicted octanol–water partition coefficient (Wildman–Crippen LogP) is 1.80. The first-order valence-electron chi connectivity index (χ1n) is 5.17. The van der Waals surface area contributed by atoms with Gasteiger partial charge in [0, 0.05) is 23.1 Å². The van der Waals surface area contributed by atoms with Crippen LogP contribution in [0.2, 0.25) is 0 Å². The number of aliphatic carboxylic acids is 1. The van der Waals surface area contributed by atoms with Gasteiger partial charge in [-0.25, -0.2) is 4.98 Å². The molecule has 2 rings (SSSR count). The zero-order chi connectivity index (χ0) is 14.0. The van der Waals surface area contributed by atoms with Crippen molar-refractivity contribution in [3.63, 3.8) is 0 Å². The van der Waals surface area contributed by atoms with E-state index in [1.165, 1.54) is 23.5 Å². The summed E-state index contributed by atoms with van der Waals surface area (Å²) in [4.78, 5) is 24.9. The van der Waals surface area contributed by atoms with Crippen LogP contribution in [0.5, 0.6) is 0 Å². The van der Waals surface area contributed by atoms with Gasteiger partial charge >= 0.3 is 5.97 Å². The number of carboxylic acids is 1. The highest BCUT2D eigenvalue weighted by Gasteiger charge is 2.18. The number of non-ortho nitro benzene ring substituents is 1. The number of nitrogens with two attached hydrogens (primary N) is 1. The zero-order valence-electron chi connectivity index (χ0n) is 9.52. The van der Waals surface area contributed by atoms with Gasteiger partial charge in [-0.1, -0.05) is 0 Å². The molecule has 0 radical (unpaired) electrons. The number of hydrogen-bond donors (Lipinski definition) is 2. The average Bonchev–Trinajstić information content (AvgIpc) is 2.87. The second-order valence-corrected chi connectivity index (χ2v) is 4.56. The van der Waals surface area contributed by atoms with E-state index < -0.39 is 16.9 Å². The van der Waals surface area contributed by atoms with Crippen LogP contribution >= 0.6 is 11.3 Å². The maximum Gasteiger partial charge on any atom is 0.326 e. The van der Waals surface area contributed by atoms with Crippen LogP contribution < -0.4 is 5.73 Å².